The van der Waals surface area contributed by atoms with Crippen LogP contribution in [0.2, 0.25) is 0 Å². The molecule has 0 spiro atoms. The summed E-state index contributed by atoms with van der Waals surface area (Å²) in [6.45, 7) is 7.28. The van der Waals surface area contributed by atoms with Crippen molar-refractivity contribution in [3.63, 3.8) is 0 Å². The molecule has 1 saturated carbocycles. The van der Waals surface area contributed by atoms with E-state index in [9.17, 15) is 5.11 Å². The molecular formula is C17H27NO3. The van der Waals surface area contributed by atoms with Crippen LogP contribution in [0.15, 0.2) is 18.2 Å². The summed E-state index contributed by atoms with van der Waals surface area (Å²) in [4.78, 5) is 0. The molecule has 0 bridgehead atoms. The minimum atomic E-state index is -0.505. The van der Waals surface area contributed by atoms with Gasteiger partial charge < -0.3 is 19.9 Å². The van der Waals surface area contributed by atoms with Crippen LogP contribution in [0.25, 0.3) is 0 Å². The van der Waals surface area contributed by atoms with E-state index in [-0.39, 0.29) is 0 Å². The zero-order valence-corrected chi connectivity index (χ0v) is 13.1. The fourth-order valence-electron chi connectivity index (χ4n) is 2.22. The molecule has 1 atom stereocenters. The zero-order chi connectivity index (χ0) is 15.1. The van der Waals surface area contributed by atoms with E-state index in [2.05, 4.69) is 11.4 Å². The molecule has 0 saturated heterocycles. The lowest BCUT2D eigenvalue weighted by molar-refractivity contribution is 0.0967. The Kier molecular flexibility index (Phi) is 6.49. The highest BCUT2D eigenvalue weighted by molar-refractivity contribution is 5.32. The van der Waals surface area contributed by atoms with Gasteiger partial charge in [-0.25, -0.2) is 0 Å². The van der Waals surface area contributed by atoms with Gasteiger partial charge in [0.25, 0.3) is 0 Å². The van der Waals surface area contributed by atoms with Crippen LogP contribution in [-0.4, -0.2) is 44.1 Å². The van der Waals surface area contributed by atoms with Crippen LogP contribution < -0.4 is 10.1 Å². The Morgan fingerprint density at radius 1 is 1.24 bits per heavy atom. The van der Waals surface area contributed by atoms with Gasteiger partial charge in [-0.2, -0.15) is 0 Å². The third kappa shape index (κ3) is 6.93. The number of ether oxygens (including phenoxy) is 2. The molecule has 4 nitrogen and oxygen atoms in total. The molecule has 1 aromatic carbocycles. The summed E-state index contributed by atoms with van der Waals surface area (Å²) in [5.41, 5.74) is 2.34. The summed E-state index contributed by atoms with van der Waals surface area (Å²) in [6.07, 6.45) is 2.14. The Morgan fingerprint density at radius 2 is 1.95 bits per heavy atom. The van der Waals surface area contributed by atoms with Gasteiger partial charge in [-0.1, -0.05) is 6.07 Å². The first-order chi connectivity index (χ1) is 10.1. The monoisotopic (exact) mass is 293 g/mol. The molecule has 0 aliphatic heterocycles. The second-order valence-corrected chi connectivity index (χ2v) is 6.01. The van der Waals surface area contributed by atoms with Gasteiger partial charge in [-0.05, 0) is 55.9 Å². The van der Waals surface area contributed by atoms with Gasteiger partial charge in [-0.15, -0.1) is 0 Å². The van der Waals surface area contributed by atoms with E-state index in [4.69, 9.17) is 9.47 Å². The largest absolute Gasteiger partial charge is 0.491 e. The summed E-state index contributed by atoms with van der Waals surface area (Å²) < 4.78 is 11.1. The molecule has 0 amide bonds. The molecule has 0 heterocycles. The quantitative estimate of drug-likeness (QED) is 0.648. The first kappa shape index (κ1) is 16.3. The van der Waals surface area contributed by atoms with E-state index in [1.165, 1.54) is 24.0 Å². The molecule has 4 heteroatoms. The van der Waals surface area contributed by atoms with Crippen LogP contribution in [0.1, 0.15) is 24.0 Å². The van der Waals surface area contributed by atoms with E-state index in [0.29, 0.717) is 19.8 Å². The van der Waals surface area contributed by atoms with Crippen molar-refractivity contribution in [2.24, 2.45) is 5.92 Å². The van der Waals surface area contributed by atoms with Gasteiger partial charge >= 0.3 is 0 Å². The summed E-state index contributed by atoms with van der Waals surface area (Å²) in [5.74, 6) is 1.63. The minimum absolute atomic E-state index is 0.304. The number of nitrogens with one attached hydrogen (secondary N) is 1. The Balaban J connectivity index is 1.52. The van der Waals surface area contributed by atoms with Crippen LogP contribution in [0.3, 0.4) is 0 Å². The highest BCUT2D eigenvalue weighted by Gasteiger charge is 2.20. The average Bonchev–Trinajstić information content (AvgIpc) is 3.23. The van der Waals surface area contributed by atoms with Crippen LogP contribution in [-0.2, 0) is 4.74 Å². The van der Waals surface area contributed by atoms with Crippen molar-refractivity contribution in [2.75, 3.05) is 32.9 Å². The predicted octanol–water partition coefficient (Wildman–Crippen LogP) is 2.06. The Bertz CT molecular complexity index is 412. The lowest BCUT2D eigenvalue weighted by atomic mass is 10.1. The van der Waals surface area contributed by atoms with Gasteiger partial charge in [-0.3, -0.25) is 0 Å². The molecule has 0 radical (unpaired) electrons. The van der Waals surface area contributed by atoms with Crippen molar-refractivity contribution in [2.45, 2.75) is 32.8 Å². The van der Waals surface area contributed by atoms with Crippen molar-refractivity contribution in [3.05, 3.63) is 29.3 Å². The van der Waals surface area contributed by atoms with E-state index in [1.807, 2.05) is 26.0 Å². The third-order valence-corrected chi connectivity index (χ3v) is 3.49. The Hall–Kier alpha value is -1.10. The van der Waals surface area contributed by atoms with Gasteiger partial charge in [0, 0.05) is 19.7 Å². The zero-order valence-electron chi connectivity index (χ0n) is 13.1. The topological polar surface area (TPSA) is 50.7 Å². The number of aryl methyl sites for hydroxylation is 2. The first-order valence-corrected chi connectivity index (χ1v) is 7.81. The molecule has 1 aromatic rings. The van der Waals surface area contributed by atoms with Crippen molar-refractivity contribution in [3.8, 4) is 5.75 Å². The van der Waals surface area contributed by atoms with Crippen LogP contribution in [0.4, 0.5) is 0 Å². The van der Waals surface area contributed by atoms with E-state index in [1.54, 1.807) is 0 Å². The molecule has 1 aliphatic carbocycles. The molecule has 1 fully saturated rings. The highest BCUT2D eigenvalue weighted by Crippen LogP contribution is 2.28. The molecule has 21 heavy (non-hydrogen) atoms. The average molecular weight is 293 g/mol. The van der Waals surface area contributed by atoms with Crippen molar-refractivity contribution in [1.29, 1.82) is 0 Å². The second-order valence-electron chi connectivity index (χ2n) is 6.01. The van der Waals surface area contributed by atoms with E-state index in [0.717, 1.165) is 24.8 Å². The molecule has 0 aromatic heterocycles. The van der Waals surface area contributed by atoms with Crippen molar-refractivity contribution in [1.82, 2.24) is 5.32 Å². The van der Waals surface area contributed by atoms with Gasteiger partial charge in [0.15, 0.2) is 0 Å². The predicted molar refractivity (Wildman–Crippen MR) is 83.8 cm³/mol. The van der Waals surface area contributed by atoms with E-state index < -0.39 is 6.10 Å². The Labute approximate surface area is 127 Å². The summed E-state index contributed by atoms with van der Waals surface area (Å²) in [5, 5.41) is 13.1. The number of hydrogen-bond donors (Lipinski definition) is 2. The molecular weight excluding hydrogens is 266 g/mol. The van der Waals surface area contributed by atoms with Crippen LogP contribution in [0, 0.1) is 19.8 Å². The second kappa shape index (κ2) is 8.37. The number of rotatable bonds is 10. The molecule has 1 unspecified atom stereocenters. The van der Waals surface area contributed by atoms with Gasteiger partial charge in [0.05, 0.1) is 6.61 Å². The summed E-state index contributed by atoms with van der Waals surface area (Å²) >= 11 is 0. The lowest BCUT2D eigenvalue weighted by Crippen LogP contribution is -2.33. The summed E-state index contributed by atoms with van der Waals surface area (Å²) in [7, 11) is 0. The maximum absolute atomic E-state index is 9.88. The maximum Gasteiger partial charge on any atom is 0.119 e. The first-order valence-electron chi connectivity index (χ1n) is 7.81. The Morgan fingerprint density at radius 3 is 2.62 bits per heavy atom. The molecule has 2 N–H and O–H groups in total. The standard InChI is InChI=1S/C17H27NO3/c1-13-7-14(2)9-17(8-13)21-12-16(19)10-18-5-6-20-11-15-3-4-15/h7-9,15-16,18-19H,3-6,10-12H2,1-2H3. The SMILES string of the molecule is Cc1cc(C)cc(OCC(O)CNCCOCC2CC2)c1. The van der Waals surface area contributed by atoms with Crippen molar-refractivity contribution >= 4 is 0 Å². The molecule has 1 aliphatic rings. The van der Waals surface area contributed by atoms with E-state index >= 15 is 0 Å². The van der Waals surface area contributed by atoms with Gasteiger partial charge in [0.2, 0.25) is 0 Å². The minimum Gasteiger partial charge on any atom is -0.491 e. The van der Waals surface area contributed by atoms with Crippen LogP contribution >= 0.6 is 0 Å². The number of aliphatic hydroxyl groups excluding tert-OH is 1. The van der Waals surface area contributed by atoms with Gasteiger partial charge in [0.1, 0.15) is 18.5 Å². The lowest BCUT2D eigenvalue weighted by Gasteiger charge is -2.14. The maximum atomic E-state index is 9.88. The van der Waals surface area contributed by atoms with Crippen LogP contribution in [0.5, 0.6) is 5.75 Å². The highest BCUT2D eigenvalue weighted by atomic mass is 16.5. The number of benzene rings is 1. The third-order valence-electron chi connectivity index (χ3n) is 3.49. The number of aliphatic hydroxyl groups is 1. The smallest absolute Gasteiger partial charge is 0.119 e. The van der Waals surface area contributed by atoms with Crippen molar-refractivity contribution < 1.29 is 14.6 Å². The fraction of sp³-hybridized carbons (Fsp3) is 0.647. The fourth-order valence-corrected chi connectivity index (χ4v) is 2.22. The normalized spacial score (nSPS) is 16.0. The molecule has 2 rings (SSSR count). The number of hydrogen-bond acceptors (Lipinski definition) is 4. The summed E-state index contributed by atoms with van der Waals surface area (Å²) in [6, 6.07) is 6.07. The molecule has 118 valence electrons.